The summed E-state index contributed by atoms with van der Waals surface area (Å²) in [5.41, 5.74) is 4.47. The van der Waals surface area contributed by atoms with Gasteiger partial charge in [0.1, 0.15) is 11.6 Å². The van der Waals surface area contributed by atoms with E-state index in [0.29, 0.717) is 35.6 Å². The highest BCUT2D eigenvalue weighted by molar-refractivity contribution is 6.34. The Labute approximate surface area is 190 Å². The zero-order valence-electron chi connectivity index (χ0n) is 18.0. The number of pyridine rings is 1. The van der Waals surface area contributed by atoms with E-state index < -0.39 is 11.6 Å². The summed E-state index contributed by atoms with van der Waals surface area (Å²) in [7, 11) is 1.53. The molecule has 3 aromatic rings. The van der Waals surface area contributed by atoms with Gasteiger partial charge >= 0.3 is 0 Å². The number of rotatable bonds is 7. The number of piperidine rings is 1. The van der Waals surface area contributed by atoms with Crippen LogP contribution in [0, 0.1) is 17.6 Å². The van der Waals surface area contributed by atoms with E-state index in [1.807, 2.05) is 16.7 Å². The van der Waals surface area contributed by atoms with Gasteiger partial charge in [0, 0.05) is 31.8 Å². The second-order valence-corrected chi connectivity index (χ2v) is 9.12. The van der Waals surface area contributed by atoms with Crippen molar-refractivity contribution in [2.75, 3.05) is 20.1 Å². The summed E-state index contributed by atoms with van der Waals surface area (Å²) < 4.78 is 30.8. The Kier molecular flexibility index (Phi) is 6.01. The molecule has 9 heteroatoms. The Morgan fingerprint density at radius 3 is 2.56 bits per heavy atom. The third-order valence-electron chi connectivity index (χ3n) is 6.53. The van der Waals surface area contributed by atoms with Gasteiger partial charge in [-0.2, -0.15) is 5.48 Å². The number of benzene rings is 1. The maximum atomic E-state index is 14.5. The van der Waals surface area contributed by atoms with Gasteiger partial charge in [-0.05, 0) is 74.4 Å². The second-order valence-electron chi connectivity index (χ2n) is 8.74. The lowest BCUT2D eigenvalue weighted by atomic mass is 9.88. The number of hydrogen-bond acceptors (Lipinski definition) is 5. The monoisotopic (exact) mass is 461 g/mol. The van der Waals surface area contributed by atoms with Crippen LogP contribution < -0.4 is 10.3 Å². The minimum Gasteiger partial charge on any atom is -0.405 e. The minimum atomic E-state index is -0.562. The van der Waals surface area contributed by atoms with Gasteiger partial charge in [0.25, 0.3) is 0 Å². The van der Waals surface area contributed by atoms with Gasteiger partial charge in [0.2, 0.25) is 0 Å². The first-order chi connectivity index (χ1) is 15.5. The average Bonchev–Trinajstić information content (AvgIpc) is 3.52. The van der Waals surface area contributed by atoms with Crippen LogP contribution in [-0.2, 0) is 13.0 Å². The molecule has 0 atom stereocenters. The molecule has 32 heavy (non-hydrogen) atoms. The number of hydroxylamine groups is 1. The summed E-state index contributed by atoms with van der Waals surface area (Å²) >= 11 is 6.68. The van der Waals surface area contributed by atoms with Crippen molar-refractivity contribution in [1.82, 2.24) is 25.0 Å². The topological polar surface area (TPSA) is 54.7 Å². The van der Waals surface area contributed by atoms with Crippen LogP contribution in [0.25, 0.3) is 5.65 Å². The number of hydrogen-bond donors (Lipinski definition) is 1. The van der Waals surface area contributed by atoms with Crippen molar-refractivity contribution in [3.05, 3.63) is 58.0 Å². The van der Waals surface area contributed by atoms with Crippen LogP contribution in [-0.4, -0.2) is 39.6 Å². The van der Waals surface area contributed by atoms with Crippen LogP contribution in [0.15, 0.2) is 24.4 Å². The number of nitrogens with one attached hydrogen (secondary N) is 1. The van der Waals surface area contributed by atoms with Gasteiger partial charge in [0.15, 0.2) is 17.2 Å². The van der Waals surface area contributed by atoms with Crippen molar-refractivity contribution in [1.29, 1.82) is 0 Å². The minimum absolute atomic E-state index is 0.0479. The lowest BCUT2D eigenvalue weighted by Crippen LogP contribution is -2.33. The zero-order chi connectivity index (χ0) is 22.2. The molecule has 2 aliphatic rings. The molecular formula is C23H26ClF2N5O. The molecule has 5 rings (SSSR count). The number of likely N-dealkylation sites (tertiary alicyclic amines) is 1. The van der Waals surface area contributed by atoms with Crippen LogP contribution in [0.1, 0.15) is 48.6 Å². The first kappa shape index (κ1) is 21.6. The lowest BCUT2D eigenvalue weighted by molar-refractivity contribution is 0.187. The molecule has 0 unspecified atom stereocenters. The van der Waals surface area contributed by atoms with E-state index in [1.165, 1.54) is 26.0 Å². The Morgan fingerprint density at radius 2 is 1.84 bits per heavy atom. The summed E-state index contributed by atoms with van der Waals surface area (Å²) in [5.74, 6) is 0.542. The first-order valence-electron chi connectivity index (χ1n) is 11.1. The summed E-state index contributed by atoms with van der Waals surface area (Å²) in [6.07, 6.45) is 6.88. The largest absolute Gasteiger partial charge is 0.405 e. The third-order valence-corrected chi connectivity index (χ3v) is 6.94. The van der Waals surface area contributed by atoms with Crippen molar-refractivity contribution in [2.24, 2.45) is 5.92 Å². The highest BCUT2D eigenvalue weighted by Gasteiger charge is 2.29. The van der Waals surface area contributed by atoms with E-state index >= 15 is 0 Å². The van der Waals surface area contributed by atoms with Gasteiger partial charge in [-0.1, -0.05) is 11.6 Å². The van der Waals surface area contributed by atoms with Crippen molar-refractivity contribution < 1.29 is 13.6 Å². The summed E-state index contributed by atoms with van der Waals surface area (Å²) in [4.78, 5) is 7.48. The fraction of sp³-hybridized carbons (Fsp3) is 0.478. The number of aromatic nitrogens is 3. The number of nitrogens with zero attached hydrogens (tertiary/aromatic N) is 4. The molecule has 3 heterocycles. The molecule has 1 aliphatic carbocycles. The van der Waals surface area contributed by atoms with Gasteiger partial charge in [-0.15, -0.1) is 10.2 Å². The van der Waals surface area contributed by atoms with Crippen LogP contribution in [0.3, 0.4) is 0 Å². The van der Waals surface area contributed by atoms with Crippen LogP contribution in [0.2, 0.25) is 5.02 Å². The molecule has 0 radical (unpaired) electrons. The fourth-order valence-electron chi connectivity index (χ4n) is 4.61. The Bertz CT molecular complexity index is 1130. The third kappa shape index (κ3) is 4.19. The summed E-state index contributed by atoms with van der Waals surface area (Å²) in [5, 5.41) is 9.28. The van der Waals surface area contributed by atoms with Gasteiger partial charge in [-0.3, -0.25) is 9.30 Å². The molecule has 2 fully saturated rings. The molecule has 1 saturated heterocycles. The Balaban J connectivity index is 1.28. The summed E-state index contributed by atoms with van der Waals surface area (Å²) in [6.45, 7) is 2.18. The van der Waals surface area contributed by atoms with Crippen molar-refractivity contribution >= 4 is 17.2 Å². The molecule has 2 aromatic heterocycles. The van der Waals surface area contributed by atoms with Crippen molar-refractivity contribution in [3.8, 4) is 5.75 Å². The maximum absolute atomic E-state index is 14.5. The Hall–Kier alpha value is -2.29. The molecule has 0 spiro atoms. The number of halogens is 3. The van der Waals surface area contributed by atoms with E-state index in [2.05, 4.69) is 20.6 Å². The van der Waals surface area contributed by atoms with Crippen molar-refractivity contribution in [2.45, 2.75) is 44.6 Å². The fourth-order valence-corrected chi connectivity index (χ4v) is 4.86. The predicted octanol–water partition coefficient (Wildman–Crippen LogP) is 4.51. The molecule has 1 N–H and O–H groups in total. The summed E-state index contributed by atoms with van der Waals surface area (Å²) in [6, 6.07) is 4.30. The lowest BCUT2D eigenvalue weighted by Gasteiger charge is -2.33. The quantitative estimate of drug-likeness (QED) is 0.525. The van der Waals surface area contributed by atoms with Gasteiger partial charge in [0.05, 0.1) is 5.02 Å². The molecule has 170 valence electrons. The van der Waals surface area contributed by atoms with E-state index in [0.717, 1.165) is 42.9 Å². The van der Waals surface area contributed by atoms with Gasteiger partial charge in [-0.25, -0.2) is 8.78 Å². The SMILES string of the molecule is CNOc1c(F)ccc(F)c1C1CCN(Cc2ccn3c(CC4CC4)nnc3c2Cl)CC1. The molecule has 0 amide bonds. The molecule has 1 aromatic carbocycles. The van der Waals surface area contributed by atoms with E-state index in [-0.39, 0.29) is 11.7 Å². The highest BCUT2D eigenvalue weighted by Crippen LogP contribution is 2.38. The van der Waals surface area contributed by atoms with Gasteiger partial charge < -0.3 is 4.84 Å². The standard InChI is InChI=1S/C23H26ClF2N5O/c1-27-32-22-18(26)5-4-17(25)20(22)15-6-9-30(10-7-15)13-16-8-11-31-19(12-14-2-3-14)28-29-23(31)21(16)24/h4-5,8,11,14-15,27H,2-3,6-7,9-10,12-13H2,1H3. The molecule has 1 saturated carbocycles. The predicted molar refractivity (Wildman–Crippen MR) is 118 cm³/mol. The first-order valence-corrected chi connectivity index (χ1v) is 11.5. The van der Waals surface area contributed by atoms with Crippen molar-refractivity contribution in [3.63, 3.8) is 0 Å². The molecule has 6 nitrogen and oxygen atoms in total. The normalized spacial score (nSPS) is 17.9. The second kappa shape index (κ2) is 8.92. The smallest absolute Gasteiger partial charge is 0.189 e. The number of fused-ring (bicyclic) bond motifs is 1. The molecule has 0 bridgehead atoms. The Morgan fingerprint density at radius 1 is 1.09 bits per heavy atom. The highest BCUT2D eigenvalue weighted by atomic mass is 35.5. The van der Waals surface area contributed by atoms with Crippen LogP contribution in [0.5, 0.6) is 5.75 Å². The molecule has 1 aliphatic heterocycles. The van der Waals surface area contributed by atoms with E-state index in [1.54, 1.807) is 0 Å². The maximum Gasteiger partial charge on any atom is 0.189 e. The van der Waals surface area contributed by atoms with E-state index in [9.17, 15) is 8.78 Å². The average molecular weight is 462 g/mol. The molecular weight excluding hydrogens is 436 g/mol. The van der Waals surface area contributed by atoms with Crippen LogP contribution >= 0.6 is 11.6 Å². The van der Waals surface area contributed by atoms with E-state index in [4.69, 9.17) is 16.4 Å². The zero-order valence-corrected chi connectivity index (χ0v) is 18.7. The van der Waals surface area contributed by atoms with Crippen LogP contribution in [0.4, 0.5) is 8.78 Å².